The molecule has 0 fully saturated rings. The van der Waals surface area contributed by atoms with Crippen LogP contribution in [0.2, 0.25) is 0 Å². The summed E-state index contributed by atoms with van der Waals surface area (Å²) >= 11 is 3.32. The van der Waals surface area contributed by atoms with Gasteiger partial charge in [-0.15, -0.1) is 0 Å². The molecule has 16 heavy (non-hydrogen) atoms. The highest BCUT2D eigenvalue weighted by Crippen LogP contribution is 2.18. The molecule has 0 aromatic carbocycles. The van der Waals surface area contributed by atoms with Gasteiger partial charge >= 0.3 is 0 Å². The van der Waals surface area contributed by atoms with Crippen molar-refractivity contribution in [3.8, 4) is 0 Å². The van der Waals surface area contributed by atoms with Gasteiger partial charge in [-0.1, -0.05) is 22.9 Å². The van der Waals surface area contributed by atoms with E-state index in [1.807, 2.05) is 13.8 Å². The third-order valence-electron chi connectivity index (χ3n) is 2.53. The van der Waals surface area contributed by atoms with Crippen LogP contribution in [0, 0.1) is 6.92 Å². The minimum absolute atomic E-state index is 0.202. The lowest BCUT2D eigenvalue weighted by Crippen LogP contribution is -2.46. The van der Waals surface area contributed by atoms with Crippen LogP contribution in [0.15, 0.2) is 11.1 Å². The predicted octanol–water partition coefficient (Wildman–Crippen LogP) is 1.56. The first kappa shape index (κ1) is 13.7. The second-order valence-corrected chi connectivity index (χ2v) is 6.22. The summed E-state index contributed by atoms with van der Waals surface area (Å²) in [6, 6.07) is 0. The molecule has 0 spiro atoms. The molecule has 1 atom stereocenters. The molecule has 0 aliphatic carbocycles. The van der Waals surface area contributed by atoms with Crippen LogP contribution in [0.4, 0.5) is 0 Å². The highest BCUT2D eigenvalue weighted by Gasteiger charge is 2.29. The lowest BCUT2D eigenvalue weighted by Gasteiger charge is -2.26. The van der Waals surface area contributed by atoms with Crippen LogP contribution in [0.1, 0.15) is 26.0 Å². The van der Waals surface area contributed by atoms with E-state index in [4.69, 9.17) is 0 Å². The molecule has 2 N–H and O–H groups in total. The Labute approximate surface area is 104 Å². The number of hydrogen-bond acceptors (Lipinski definition) is 3. The van der Waals surface area contributed by atoms with Gasteiger partial charge in [0.1, 0.15) is 4.90 Å². The number of aromatic nitrogens is 2. The van der Waals surface area contributed by atoms with Gasteiger partial charge in [-0.2, -0.15) is 5.10 Å². The summed E-state index contributed by atoms with van der Waals surface area (Å²) < 4.78 is 26.8. The highest BCUT2D eigenvalue weighted by molar-refractivity contribution is 9.09. The summed E-state index contributed by atoms with van der Waals surface area (Å²) in [6.45, 7) is 5.47. The highest BCUT2D eigenvalue weighted by atomic mass is 79.9. The Morgan fingerprint density at radius 3 is 2.62 bits per heavy atom. The van der Waals surface area contributed by atoms with Crippen molar-refractivity contribution in [1.29, 1.82) is 0 Å². The standard InChI is InChI=1S/C9H16BrN3O2S/c1-4-9(3,6-10)13-16(14,15)8-5-11-12-7(8)2/h5,13H,4,6H2,1-3H3,(H,11,12). The first-order valence-corrected chi connectivity index (χ1v) is 7.55. The third kappa shape index (κ3) is 2.83. The van der Waals surface area contributed by atoms with Crippen molar-refractivity contribution >= 4 is 26.0 Å². The molecular weight excluding hydrogens is 294 g/mol. The van der Waals surface area contributed by atoms with Crippen LogP contribution in [0.5, 0.6) is 0 Å². The van der Waals surface area contributed by atoms with E-state index >= 15 is 0 Å². The van der Waals surface area contributed by atoms with Gasteiger partial charge in [0.15, 0.2) is 0 Å². The van der Waals surface area contributed by atoms with E-state index in [0.717, 1.165) is 0 Å². The molecule has 1 heterocycles. The topological polar surface area (TPSA) is 74.8 Å². The fraction of sp³-hybridized carbons (Fsp3) is 0.667. The molecule has 0 radical (unpaired) electrons. The van der Waals surface area contributed by atoms with Crippen molar-refractivity contribution in [2.75, 3.05) is 5.33 Å². The van der Waals surface area contributed by atoms with Crippen molar-refractivity contribution in [3.05, 3.63) is 11.9 Å². The summed E-state index contributed by atoms with van der Waals surface area (Å²) in [5.74, 6) is 0. The zero-order chi connectivity index (χ0) is 12.4. The van der Waals surface area contributed by atoms with E-state index in [1.54, 1.807) is 6.92 Å². The maximum Gasteiger partial charge on any atom is 0.244 e. The van der Waals surface area contributed by atoms with Crippen LogP contribution >= 0.6 is 15.9 Å². The largest absolute Gasteiger partial charge is 0.281 e. The normalized spacial score (nSPS) is 16.0. The number of alkyl halides is 1. The van der Waals surface area contributed by atoms with Gasteiger partial charge in [0.25, 0.3) is 0 Å². The minimum atomic E-state index is -3.50. The zero-order valence-electron chi connectivity index (χ0n) is 9.54. The van der Waals surface area contributed by atoms with E-state index in [2.05, 4.69) is 30.8 Å². The average molecular weight is 310 g/mol. The van der Waals surface area contributed by atoms with E-state index < -0.39 is 15.6 Å². The Balaban J connectivity index is 3.02. The fourth-order valence-corrected chi connectivity index (χ4v) is 3.52. The quantitative estimate of drug-likeness (QED) is 0.811. The van der Waals surface area contributed by atoms with Crippen LogP contribution < -0.4 is 4.72 Å². The number of hydrogen-bond donors (Lipinski definition) is 2. The SMILES string of the molecule is CCC(C)(CBr)NS(=O)(=O)c1cn[nH]c1C. The molecule has 0 amide bonds. The first-order chi connectivity index (χ1) is 7.34. The Hall–Kier alpha value is -0.400. The number of nitrogens with zero attached hydrogens (tertiary/aromatic N) is 1. The van der Waals surface area contributed by atoms with Crippen LogP contribution in [-0.4, -0.2) is 29.5 Å². The second kappa shape index (κ2) is 4.85. The van der Waals surface area contributed by atoms with Gasteiger partial charge in [-0.05, 0) is 20.3 Å². The van der Waals surface area contributed by atoms with Gasteiger partial charge in [-0.3, -0.25) is 5.10 Å². The monoisotopic (exact) mass is 309 g/mol. The van der Waals surface area contributed by atoms with Crippen molar-refractivity contribution in [1.82, 2.24) is 14.9 Å². The van der Waals surface area contributed by atoms with Crippen molar-refractivity contribution in [2.24, 2.45) is 0 Å². The molecule has 92 valence electrons. The lowest BCUT2D eigenvalue weighted by atomic mass is 10.0. The van der Waals surface area contributed by atoms with Gasteiger partial charge < -0.3 is 0 Å². The van der Waals surface area contributed by atoms with Crippen LogP contribution in [-0.2, 0) is 10.0 Å². The summed E-state index contributed by atoms with van der Waals surface area (Å²) in [6.07, 6.45) is 2.02. The van der Waals surface area contributed by atoms with Crippen molar-refractivity contribution < 1.29 is 8.42 Å². The number of H-pyrrole nitrogens is 1. The molecule has 1 aromatic heterocycles. The number of rotatable bonds is 5. The fourth-order valence-electron chi connectivity index (χ4n) is 1.18. The van der Waals surface area contributed by atoms with Gasteiger partial charge in [-0.25, -0.2) is 13.1 Å². The Morgan fingerprint density at radius 1 is 1.62 bits per heavy atom. The first-order valence-electron chi connectivity index (χ1n) is 4.94. The maximum atomic E-state index is 12.1. The molecule has 0 aliphatic rings. The van der Waals surface area contributed by atoms with Crippen molar-refractivity contribution in [2.45, 2.75) is 37.6 Å². The van der Waals surface area contributed by atoms with Gasteiger partial charge in [0.05, 0.1) is 11.9 Å². The predicted molar refractivity (Wildman–Crippen MR) is 66.1 cm³/mol. The summed E-state index contributed by atoms with van der Waals surface area (Å²) in [5, 5.41) is 6.89. The Kier molecular flexibility index (Phi) is 4.14. The zero-order valence-corrected chi connectivity index (χ0v) is 11.9. The third-order valence-corrected chi connectivity index (χ3v) is 5.52. The molecular formula is C9H16BrN3O2S. The van der Waals surface area contributed by atoms with E-state index in [1.165, 1.54) is 6.20 Å². The number of nitrogens with one attached hydrogen (secondary N) is 2. The van der Waals surface area contributed by atoms with Gasteiger partial charge in [0, 0.05) is 10.9 Å². The summed E-state index contributed by atoms with van der Waals surface area (Å²) in [7, 11) is -3.50. The van der Waals surface area contributed by atoms with E-state index in [-0.39, 0.29) is 4.90 Å². The molecule has 0 bridgehead atoms. The Bertz CT molecular complexity index is 451. The van der Waals surface area contributed by atoms with Gasteiger partial charge in [0.2, 0.25) is 10.0 Å². The minimum Gasteiger partial charge on any atom is -0.281 e. The van der Waals surface area contributed by atoms with E-state index in [9.17, 15) is 8.42 Å². The average Bonchev–Trinajstić information content (AvgIpc) is 2.64. The number of sulfonamides is 1. The van der Waals surface area contributed by atoms with E-state index in [0.29, 0.717) is 17.4 Å². The molecule has 1 unspecified atom stereocenters. The number of aryl methyl sites for hydroxylation is 1. The molecule has 5 nitrogen and oxygen atoms in total. The Morgan fingerprint density at radius 2 is 2.25 bits per heavy atom. The maximum absolute atomic E-state index is 12.1. The van der Waals surface area contributed by atoms with Crippen LogP contribution in [0.3, 0.4) is 0 Å². The number of aromatic amines is 1. The number of halogens is 1. The summed E-state index contributed by atoms with van der Waals surface area (Å²) in [4.78, 5) is 0.202. The molecule has 1 aromatic rings. The molecule has 7 heteroatoms. The van der Waals surface area contributed by atoms with Crippen molar-refractivity contribution in [3.63, 3.8) is 0 Å². The smallest absolute Gasteiger partial charge is 0.244 e. The summed E-state index contributed by atoms with van der Waals surface area (Å²) in [5.41, 5.74) is 0.0586. The lowest BCUT2D eigenvalue weighted by molar-refractivity contribution is 0.449. The van der Waals surface area contributed by atoms with Crippen LogP contribution in [0.25, 0.3) is 0 Å². The molecule has 0 aliphatic heterocycles. The molecule has 1 rings (SSSR count). The molecule has 0 saturated carbocycles. The molecule has 0 saturated heterocycles. The second-order valence-electron chi connectivity index (χ2n) is 4.01.